The van der Waals surface area contributed by atoms with Crippen molar-refractivity contribution in [3.05, 3.63) is 42.0 Å². The third kappa shape index (κ3) is 4.43. The van der Waals surface area contributed by atoms with Crippen LogP contribution in [0.25, 0.3) is 6.08 Å². The average molecular weight is 290 g/mol. The molecule has 2 rings (SSSR count). The largest absolute Gasteiger partial charge is 0.338 e. The Kier molecular flexibility index (Phi) is 5.26. The molecule has 1 aromatic rings. The lowest BCUT2D eigenvalue weighted by Gasteiger charge is -2.31. The molecular formula is C15H20N3OS+. The highest BCUT2D eigenvalue weighted by Crippen LogP contribution is 2.00. The first-order valence-electron chi connectivity index (χ1n) is 6.79. The van der Waals surface area contributed by atoms with E-state index in [1.54, 1.807) is 6.08 Å². The summed E-state index contributed by atoms with van der Waals surface area (Å²) in [5.74, 6) is -0.176. The molecule has 5 heteroatoms. The van der Waals surface area contributed by atoms with Crippen LogP contribution < -0.4 is 10.2 Å². The molecule has 1 heterocycles. The van der Waals surface area contributed by atoms with Gasteiger partial charge in [0.1, 0.15) is 0 Å². The van der Waals surface area contributed by atoms with E-state index in [-0.39, 0.29) is 5.91 Å². The smallest absolute Gasteiger partial charge is 0.250 e. The second-order valence-electron chi connectivity index (χ2n) is 4.98. The zero-order valence-electron chi connectivity index (χ0n) is 11.6. The molecule has 0 aliphatic carbocycles. The fourth-order valence-corrected chi connectivity index (χ4v) is 2.34. The molecule has 1 fully saturated rings. The Morgan fingerprint density at radius 1 is 1.30 bits per heavy atom. The van der Waals surface area contributed by atoms with Crippen LogP contribution in [0.2, 0.25) is 0 Å². The first-order chi connectivity index (χ1) is 9.65. The summed E-state index contributed by atoms with van der Waals surface area (Å²) in [6.07, 6.45) is 3.30. The molecule has 1 saturated heterocycles. The molecule has 1 aliphatic rings. The summed E-state index contributed by atoms with van der Waals surface area (Å²) in [6, 6.07) is 9.72. The van der Waals surface area contributed by atoms with Crippen LogP contribution in [-0.4, -0.2) is 49.1 Å². The molecule has 0 radical (unpaired) electrons. The number of hydrogen-bond donors (Lipinski definition) is 2. The van der Waals surface area contributed by atoms with Gasteiger partial charge in [-0.1, -0.05) is 30.3 Å². The quantitative estimate of drug-likeness (QED) is 0.591. The number of carbonyl (C=O) groups is 1. The van der Waals surface area contributed by atoms with Crippen molar-refractivity contribution >= 4 is 29.3 Å². The van der Waals surface area contributed by atoms with Gasteiger partial charge in [0.2, 0.25) is 5.91 Å². The van der Waals surface area contributed by atoms with E-state index < -0.39 is 0 Å². The van der Waals surface area contributed by atoms with Crippen molar-refractivity contribution in [1.82, 2.24) is 10.2 Å². The van der Waals surface area contributed by atoms with Crippen LogP contribution in [0.15, 0.2) is 36.4 Å². The van der Waals surface area contributed by atoms with E-state index in [2.05, 4.69) is 17.3 Å². The van der Waals surface area contributed by atoms with E-state index in [0.717, 1.165) is 31.7 Å². The number of carbonyl (C=O) groups excluding carboxylic acids is 1. The summed E-state index contributed by atoms with van der Waals surface area (Å²) in [7, 11) is 2.17. The van der Waals surface area contributed by atoms with E-state index in [9.17, 15) is 4.79 Å². The molecule has 0 bridgehead atoms. The molecule has 20 heavy (non-hydrogen) atoms. The Bertz CT molecular complexity index is 493. The van der Waals surface area contributed by atoms with Crippen LogP contribution in [0.4, 0.5) is 0 Å². The number of nitrogens with one attached hydrogen (secondary N) is 2. The Labute approximate surface area is 125 Å². The SMILES string of the molecule is C[NH+]1CCN(C(=S)NC(=O)/C=C/c2ccccc2)CC1. The molecule has 1 aromatic carbocycles. The third-order valence-electron chi connectivity index (χ3n) is 3.36. The zero-order valence-corrected chi connectivity index (χ0v) is 12.5. The van der Waals surface area contributed by atoms with E-state index in [1.807, 2.05) is 30.3 Å². The van der Waals surface area contributed by atoms with E-state index in [0.29, 0.717) is 5.11 Å². The summed E-state index contributed by atoms with van der Waals surface area (Å²) < 4.78 is 0. The molecule has 0 aromatic heterocycles. The number of amides is 1. The highest BCUT2D eigenvalue weighted by Gasteiger charge is 2.19. The first-order valence-corrected chi connectivity index (χ1v) is 7.20. The molecule has 2 N–H and O–H groups in total. The maximum atomic E-state index is 11.8. The predicted molar refractivity (Wildman–Crippen MR) is 84.4 cm³/mol. The summed E-state index contributed by atoms with van der Waals surface area (Å²) in [6.45, 7) is 3.90. The highest BCUT2D eigenvalue weighted by molar-refractivity contribution is 7.80. The number of nitrogens with zero attached hydrogens (tertiary/aromatic N) is 1. The van der Waals surface area contributed by atoms with Crippen molar-refractivity contribution in [2.45, 2.75) is 0 Å². The van der Waals surface area contributed by atoms with Crippen molar-refractivity contribution < 1.29 is 9.69 Å². The molecule has 4 nitrogen and oxygen atoms in total. The first kappa shape index (κ1) is 14.7. The van der Waals surface area contributed by atoms with Crippen molar-refractivity contribution in [1.29, 1.82) is 0 Å². The van der Waals surface area contributed by atoms with Crippen LogP contribution >= 0.6 is 12.2 Å². The molecule has 106 valence electrons. The number of likely N-dealkylation sites (N-methyl/N-ethyl adjacent to an activating group) is 1. The van der Waals surface area contributed by atoms with E-state index >= 15 is 0 Å². The maximum absolute atomic E-state index is 11.8. The zero-order chi connectivity index (χ0) is 14.4. The number of thiocarbonyl (C=S) groups is 1. The third-order valence-corrected chi connectivity index (χ3v) is 3.72. The van der Waals surface area contributed by atoms with Gasteiger partial charge in [0.15, 0.2) is 5.11 Å². The highest BCUT2D eigenvalue weighted by atomic mass is 32.1. The van der Waals surface area contributed by atoms with Gasteiger partial charge in [-0.2, -0.15) is 0 Å². The van der Waals surface area contributed by atoms with Crippen LogP contribution in [0, 0.1) is 0 Å². The van der Waals surface area contributed by atoms with Crippen LogP contribution in [-0.2, 0) is 4.79 Å². The number of hydrogen-bond acceptors (Lipinski definition) is 2. The number of benzene rings is 1. The van der Waals surface area contributed by atoms with Gasteiger partial charge in [0, 0.05) is 6.08 Å². The van der Waals surface area contributed by atoms with Gasteiger partial charge < -0.3 is 9.80 Å². The molecule has 1 aliphatic heterocycles. The van der Waals surface area contributed by atoms with E-state index in [4.69, 9.17) is 12.2 Å². The van der Waals surface area contributed by atoms with Crippen molar-refractivity contribution in [3.8, 4) is 0 Å². The fourth-order valence-electron chi connectivity index (χ4n) is 2.05. The predicted octanol–water partition coefficient (Wildman–Crippen LogP) is -0.0688. The topological polar surface area (TPSA) is 36.8 Å². The van der Waals surface area contributed by atoms with Crippen molar-refractivity contribution in [2.24, 2.45) is 0 Å². The fraction of sp³-hybridized carbons (Fsp3) is 0.333. The minimum Gasteiger partial charge on any atom is -0.338 e. The van der Waals surface area contributed by atoms with Crippen molar-refractivity contribution in [2.75, 3.05) is 33.2 Å². The molecule has 0 unspecified atom stereocenters. The standard InChI is InChI=1S/C15H19N3OS/c1-17-9-11-18(12-10-17)15(20)16-14(19)8-7-13-5-3-2-4-6-13/h2-8H,9-12H2,1H3,(H,16,19,20)/p+1/b8-7+. The lowest BCUT2D eigenvalue weighted by atomic mass is 10.2. The van der Waals surface area contributed by atoms with Gasteiger partial charge in [-0.3, -0.25) is 10.1 Å². The van der Waals surface area contributed by atoms with Gasteiger partial charge in [-0.25, -0.2) is 0 Å². The molecular weight excluding hydrogens is 270 g/mol. The maximum Gasteiger partial charge on any atom is 0.250 e. The lowest BCUT2D eigenvalue weighted by Crippen LogP contribution is -3.12. The summed E-state index contributed by atoms with van der Waals surface area (Å²) in [5, 5.41) is 3.29. The number of quaternary nitrogens is 1. The van der Waals surface area contributed by atoms with Gasteiger partial charge in [-0.15, -0.1) is 0 Å². The monoisotopic (exact) mass is 290 g/mol. The number of rotatable bonds is 2. The lowest BCUT2D eigenvalue weighted by molar-refractivity contribution is -0.883. The summed E-state index contributed by atoms with van der Waals surface area (Å²) in [5.41, 5.74) is 0.997. The van der Waals surface area contributed by atoms with Crippen LogP contribution in [0.1, 0.15) is 5.56 Å². The minimum atomic E-state index is -0.176. The van der Waals surface area contributed by atoms with Crippen molar-refractivity contribution in [3.63, 3.8) is 0 Å². The van der Waals surface area contributed by atoms with Gasteiger partial charge in [0.25, 0.3) is 0 Å². The Morgan fingerprint density at radius 2 is 1.95 bits per heavy atom. The van der Waals surface area contributed by atoms with Crippen LogP contribution in [0.3, 0.4) is 0 Å². The van der Waals surface area contributed by atoms with Crippen LogP contribution in [0.5, 0.6) is 0 Å². The molecule has 1 amide bonds. The summed E-state index contributed by atoms with van der Waals surface area (Å²) >= 11 is 5.27. The van der Waals surface area contributed by atoms with Gasteiger partial charge in [-0.05, 0) is 23.9 Å². The molecule has 0 atom stereocenters. The van der Waals surface area contributed by atoms with E-state index in [1.165, 1.54) is 11.0 Å². The average Bonchev–Trinajstić information content (AvgIpc) is 2.47. The second-order valence-corrected chi connectivity index (χ2v) is 5.37. The summed E-state index contributed by atoms with van der Waals surface area (Å²) in [4.78, 5) is 15.4. The van der Waals surface area contributed by atoms with Gasteiger partial charge in [0.05, 0.1) is 33.2 Å². The normalized spacial score (nSPS) is 16.4. The Balaban J connectivity index is 1.82. The second kappa shape index (κ2) is 7.17. The Hall–Kier alpha value is -1.72. The molecule has 0 spiro atoms. The van der Waals surface area contributed by atoms with Gasteiger partial charge >= 0.3 is 0 Å². The number of piperazine rings is 1. The minimum absolute atomic E-state index is 0.176. The molecule has 0 saturated carbocycles. The Morgan fingerprint density at radius 3 is 2.60 bits per heavy atom.